The van der Waals surface area contributed by atoms with E-state index in [2.05, 4.69) is 9.97 Å². The van der Waals surface area contributed by atoms with Gasteiger partial charge in [-0.25, -0.2) is 4.98 Å². The highest BCUT2D eigenvalue weighted by Gasteiger charge is 2.11. The van der Waals surface area contributed by atoms with Crippen LogP contribution in [0.3, 0.4) is 0 Å². The third-order valence-corrected chi connectivity index (χ3v) is 3.66. The van der Waals surface area contributed by atoms with Gasteiger partial charge in [-0.2, -0.15) is 0 Å². The van der Waals surface area contributed by atoms with Crippen molar-refractivity contribution in [1.82, 2.24) is 9.97 Å². The van der Waals surface area contributed by atoms with E-state index in [4.69, 9.17) is 10.8 Å². The number of H-pyrrole nitrogens is 1. The molecule has 3 aromatic rings. The molecule has 0 saturated carbocycles. The standard InChI is InChI=1S/C17H17N3O2/c1-10(22)13-8-15-16(9-14(13)18)20-17(19-15)12-4-2-11(3-5-12)6-7-21/h2-5,8-9,21H,6-7,18H2,1H3,(H,19,20). The third kappa shape index (κ3) is 2.58. The van der Waals surface area contributed by atoms with Gasteiger partial charge in [0.25, 0.3) is 0 Å². The number of ketones is 1. The first kappa shape index (κ1) is 14.3. The van der Waals surface area contributed by atoms with Crippen LogP contribution in [-0.2, 0) is 6.42 Å². The van der Waals surface area contributed by atoms with Crippen molar-refractivity contribution in [3.63, 3.8) is 0 Å². The minimum atomic E-state index is -0.0658. The van der Waals surface area contributed by atoms with Crippen molar-refractivity contribution in [3.05, 3.63) is 47.5 Å². The van der Waals surface area contributed by atoms with Crippen molar-refractivity contribution in [1.29, 1.82) is 0 Å². The normalized spacial score (nSPS) is 11.0. The average molecular weight is 295 g/mol. The SMILES string of the molecule is CC(=O)c1cc2[nH]c(-c3ccc(CCO)cc3)nc2cc1N. The van der Waals surface area contributed by atoms with Crippen LogP contribution in [-0.4, -0.2) is 27.5 Å². The number of benzene rings is 2. The topological polar surface area (TPSA) is 92.0 Å². The van der Waals surface area contributed by atoms with E-state index in [0.29, 0.717) is 17.7 Å². The first-order valence-corrected chi connectivity index (χ1v) is 7.09. The molecule has 112 valence electrons. The Morgan fingerprint density at radius 2 is 2.00 bits per heavy atom. The molecule has 22 heavy (non-hydrogen) atoms. The van der Waals surface area contributed by atoms with Gasteiger partial charge in [0.05, 0.1) is 11.0 Å². The number of Topliss-reactive ketones (excluding diaryl/α,β-unsaturated/α-hetero) is 1. The molecule has 0 bridgehead atoms. The molecule has 0 unspecified atom stereocenters. The number of nitrogens with zero attached hydrogens (tertiary/aromatic N) is 1. The number of fused-ring (bicyclic) bond motifs is 1. The maximum Gasteiger partial charge on any atom is 0.161 e. The summed E-state index contributed by atoms with van der Waals surface area (Å²) in [5.74, 6) is 0.662. The Balaban J connectivity index is 2.02. The van der Waals surface area contributed by atoms with E-state index >= 15 is 0 Å². The molecule has 0 saturated heterocycles. The number of aliphatic hydroxyl groups is 1. The Bertz CT molecular complexity index is 835. The number of carbonyl (C=O) groups is 1. The van der Waals surface area contributed by atoms with Gasteiger partial charge in [-0.05, 0) is 31.0 Å². The summed E-state index contributed by atoms with van der Waals surface area (Å²) in [4.78, 5) is 19.3. The van der Waals surface area contributed by atoms with Crippen LogP contribution in [0.5, 0.6) is 0 Å². The number of aromatic nitrogens is 2. The molecule has 5 nitrogen and oxygen atoms in total. The van der Waals surface area contributed by atoms with E-state index in [1.807, 2.05) is 24.3 Å². The number of anilines is 1. The minimum Gasteiger partial charge on any atom is -0.398 e. The second-order valence-electron chi connectivity index (χ2n) is 5.27. The molecule has 1 heterocycles. The van der Waals surface area contributed by atoms with Crippen molar-refractivity contribution >= 4 is 22.5 Å². The van der Waals surface area contributed by atoms with E-state index in [-0.39, 0.29) is 12.4 Å². The molecule has 5 heteroatoms. The van der Waals surface area contributed by atoms with Gasteiger partial charge in [-0.1, -0.05) is 24.3 Å². The quantitative estimate of drug-likeness (QED) is 0.509. The lowest BCUT2D eigenvalue weighted by Gasteiger charge is -2.00. The maximum absolute atomic E-state index is 11.6. The molecule has 0 fully saturated rings. The van der Waals surface area contributed by atoms with Gasteiger partial charge in [0, 0.05) is 23.4 Å². The predicted molar refractivity (Wildman–Crippen MR) is 86.7 cm³/mol. The van der Waals surface area contributed by atoms with Gasteiger partial charge < -0.3 is 15.8 Å². The number of nitrogens with two attached hydrogens (primary N) is 1. The van der Waals surface area contributed by atoms with Crippen LogP contribution in [0.1, 0.15) is 22.8 Å². The molecule has 1 aromatic heterocycles. The number of aliphatic hydroxyl groups excluding tert-OH is 1. The van der Waals surface area contributed by atoms with Gasteiger partial charge in [0.15, 0.2) is 5.78 Å². The number of nitrogen functional groups attached to an aromatic ring is 1. The molecule has 0 spiro atoms. The molecule has 0 amide bonds. The van der Waals surface area contributed by atoms with E-state index in [0.717, 1.165) is 28.0 Å². The molecular formula is C17H17N3O2. The summed E-state index contributed by atoms with van der Waals surface area (Å²) in [6.07, 6.45) is 0.638. The van der Waals surface area contributed by atoms with Crippen molar-refractivity contribution in [2.24, 2.45) is 0 Å². The fraction of sp³-hybridized carbons (Fsp3) is 0.176. The Morgan fingerprint density at radius 3 is 2.64 bits per heavy atom. The number of aromatic amines is 1. The molecule has 0 aliphatic rings. The molecule has 0 aliphatic heterocycles. The zero-order valence-electron chi connectivity index (χ0n) is 12.3. The highest BCUT2D eigenvalue weighted by atomic mass is 16.2. The zero-order valence-corrected chi connectivity index (χ0v) is 12.3. The minimum absolute atomic E-state index is 0.0658. The van der Waals surface area contributed by atoms with Crippen molar-refractivity contribution < 1.29 is 9.90 Å². The lowest BCUT2D eigenvalue weighted by atomic mass is 10.1. The van der Waals surface area contributed by atoms with Crippen LogP contribution < -0.4 is 5.73 Å². The Hall–Kier alpha value is -2.66. The van der Waals surface area contributed by atoms with Crippen molar-refractivity contribution in [2.75, 3.05) is 12.3 Å². The van der Waals surface area contributed by atoms with Crippen LogP contribution in [0.4, 0.5) is 5.69 Å². The molecule has 4 N–H and O–H groups in total. The van der Waals surface area contributed by atoms with E-state index in [1.165, 1.54) is 6.92 Å². The van der Waals surface area contributed by atoms with Gasteiger partial charge in [-0.15, -0.1) is 0 Å². The van der Waals surface area contributed by atoms with E-state index < -0.39 is 0 Å². The van der Waals surface area contributed by atoms with Crippen LogP contribution in [0.25, 0.3) is 22.4 Å². The van der Waals surface area contributed by atoms with Gasteiger partial charge in [-0.3, -0.25) is 4.79 Å². The predicted octanol–water partition coefficient (Wildman–Crippen LogP) is 2.55. The van der Waals surface area contributed by atoms with E-state index in [9.17, 15) is 4.79 Å². The van der Waals surface area contributed by atoms with E-state index in [1.54, 1.807) is 12.1 Å². The third-order valence-electron chi connectivity index (χ3n) is 3.66. The average Bonchev–Trinajstić information content (AvgIpc) is 2.90. The summed E-state index contributed by atoms with van der Waals surface area (Å²) in [7, 11) is 0. The maximum atomic E-state index is 11.6. The van der Waals surface area contributed by atoms with Crippen molar-refractivity contribution in [3.8, 4) is 11.4 Å². The van der Waals surface area contributed by atoms with Crippen LogP contribution >= 0.6 is 0 Å². The molecule has 0 radical (unpaired) electrons. The summed E-state index contributed by atoms with van der Waals surface area (Å²) in [5.41, 5.74) is 10.4. The Labute approximate surface area is 127 Å². The molecule has 2 aromatic carbocycles. The fourth-order valence-corrected chi connectivity index (χ4v) is 2.47. The number of hydrogen-bond acceptors (Lipinski definition) is 4. The van der Waals surface area contributed by atoms with Crippen LogP contribution in [0, 0.1) is 0 Å². The van der Waals surface area contributed by atoms with Gasteiger partial charge >= 0.3 is 0 Å². The second-order valence-corrected chi connectivity index (χ2v) is 5.27. The molecule has 0 atom stereocenters. The number of nitrogens with one attached hydrogen (secondary N) is 1. The summed E-state index contributed by atoms with van der Waals surface area (Å²) in [6.45, 7) is 1.63. The van der Waals surface area contributed by atoms with Gasteiger partial charge in [0.1, 0.15) is 5.82 Å². The van der Waals surface area contributed by atoms with Crippen LogP contribution in [0.15, 0.2) is 36.4 Å². The number of carbonyl (C=O) groups excluding carboxylic acids is 1. The largest absolute Gasteiger partial charge is 0.398 e. The second kappa shape index (κ2) is 5.61. The highest BCUT2D eigenvalue weighted by molar-refractivity contribution is 6.03. The Kier molecular flexibility index (Phi) is 3.65. The molecular weight excluding hydrogens is 278 g/mol. The first-order valence-electron chi connectivity index (χ1n) is 7.09. The van der Waals surface area contributed by atoms with Crippen LogP contribution in [0.2, 0.25) is 0 Å². The Morgan fingerprint density at radius 1 is 1.27 bits per heavy atom. The molecule has 3 rings (SSSR count). The summed E-state index contributed by atoms with van der Waals surface area (Å²) in [6, 6.07) is 11.3. The monoisotopic (exact) mass is 295 g/mol. The zero-order chi connectivity index (χ0) is 15.7. The summed E-state index contributed by atoms with van der Waals surface area (Å²) >= 11 is 0. The lowest BCUT2D eigenvalue weighted by molar-refractivity contribution is 0.101. The number of hydrogen-bond donors (Lipinski definition) is 3. The lowest BCUT2D eigenvalue weighted by Crippen LogP contribution is -1.99. The fourth-order valence-electron chi connectivity index (χ4n) is 2.47. The summed E-state index contributed by atoms with van der Waals surface area (Å²) < 4.78 is 0. The van der Waals surface area contributed by atoms with Gasteiger partial charge in [0.2, 0.25) is 0 Å². The first-order chi connectivity index (χ1) is 10.6. The highest BCUT2D eigenvalue weighted by Crippen LogP contribution is 2.25. The molecule has 0 aliphatic carbocycles. The summed E-state index contributed by atoms with van der Waals surface area (Å²) in [5, 5.41) is 8.94. The smallest absolute Gasteiger partial charge is 0.161 e. The number of imidazole rings is 1. The number of rotatable bonds is 4. The van der Waals surface area contributed by atoms with Crippen molar-refractivity contribution in [2.45, 2.75) is 13.3 Å².